The van der Waals surface area contributed by atoms with Crippen molar-refractivity contribution < 1.29 is 24.0 Å². The van der Waals surface area contributed by atoms with Gasteiger partial charge in [0, 0.05) is 9.64 Å². The lowest BCUT2D eigenvalue weighted by molar-refractivity contribution is -0.385. The minimum absolute atomic E-state index is 0.0252. The van der Waals surface area contributed by atoms with E-state index in [1.807, 2.05) is 22.6 Å². The summed E-state index contributed by atoms with van der Waals surface area (Å²) in [6, 6.07) is 7.10. The molecule has 1 N–H and O–H groups in total. The van der Waals surface area contributed by atoms with Gasteiger partial charge in [0.2, 0.25) is 0 Å². The molecule has 0 aliphatic carbocycles. The van der Waals surface area contributed by atoms with E-state index in [0.29, 0.717) is 3.57 Å². The van der Waals surface area contributed by atoms with Crippen molar-refractivity contribution >= 4 is 34.2 Å². The topological polar surface area (TPSA) is 89.7 Å². The molecule has 0 saturated carbocycles. The maximum absolute atomic E-state index is 13.3. The number of nitro groups is 1. The third kappa shape index (κ3) is 3.66. The largest absolute Gasteiger partial charge is 0.478 e. The van der Waals surface area contributed by atoms with Crippen LogP contribution < -0.4 is 4.74 Å². The molecule has 0 amide bonds. The first-order valence-corrected chi connectivity index (χ1v) is 6.60. The molecule has 0 saturated heterocycles. The van der Waals surface area contributed by atoms with Gasteiger partial charge >= 0.3 is 5.97 Å². The highest BCUT2D eigenvalue weighted by atomic mass is 127. The lowest BCUT2D eigenvalue weighted by atomic mass is 10.2. The second kappa shape index (κ2) is 6.04. The van der Waals surface area contributed by atoms with E-state index in [2.05, 4.69) is 0 Å². The molecule has 0 aliphatic rings. The van der Waals surface area contributed by atoms with Crippen molar-refractivity contribution in [2.45, 2.75) is 0 Å². The molecule has 2 aromatic rings. The summed E-state index contributed by atoms with van der Waals surface area (Å²) in [5, 5.41) is 19.8. The van der Waals surface area contributed by atoms with Gasteiger partial charge in [-0.15, -0.1) is 0 Å². The number of ether oxygens (including phenoxy) is 1. The van der Waals surface area contributed by atoms with Crippen LogP contribution in [0, 0.1) is 19.5 Å². The fraction of sp³-hybridized carbons (Fsp3) is 0. The molecule has 0 aliphatic heterocycles. The van der Waals surface area contributed by atoms with E-state index in [0.717, 1.165) is 18.2 Å². The van der Waals surface area contributed by atoms with Crippen LogP contribution in [0.15, 0.2) is 36.4 Å². The minimum Gasteiger partial charge on any atom is -0.478 e. The standard InChI is InChI=1S/C13H7FINO5/c14-7-3-9(16(19)20)6-10(4-7)21-12-2-1-8(15)5-11(12)13(17)18/h1-6H,(H,17,18). The summed E-state index contributed by atoms with van der Waals surface area (Å²) >= 11 is 1.94. The highest BCUT2D eigenvalue weighted by Crippen LogP contribution is 2.30. The van der Waals surface area contributed by atoms with Crippen LogP contribution in [0.3, 0.4) is 0 Å². The Morgan fingerprint density at radius 3 is 2.62 bits per heavy atom. The van der Waals surface area contributed by atoms with Crippen molar-refractivity contribution in [3.05, 3.63) is 61.5 Å². The Morgan fingerprint density at radius 1 is 1.29 bits per heavy atom. The second-order valence-corrected chi connectivity index (χ2v) is 5.20. The van der Waals surface area contributed by atoms with Crippen LogP contribution in [0.1, 0.15) is 10.4 Å². The summed E-state index contributed by atoms with van der Waals surface area (Å²) in [4.78, 5) is 21.0. The maximum atomic E-state index is 13.3. The molecule has 0 unspecified atom stereocenters. The SMILES string of the molecule is O=C(O)c1cc(I)ccc1Oc1cc(F)cc([N+](=O)[O-])c1. The lowest BCUT2D eigenvalue weighted by Gasteiger charge is -2.09. The highest BCUT2D eigenvalue weighted by Gasteiger charge is 2.15. The van der Waals surface area contributed by atoms with Crippen LogP contribution in [0.25, 0.3) is 0 Å². The molecular formula is C13H7FINO5. The summed E-state index contributed by atoms with van der Waals surface area (Å²) in [5.74, 6) is -2.23. The average Bonchev–Trinajstić information content (AvgIpc) is 2.40. The summed E-state index contributed by atoms with van der Waals surface area (Å²) in [7, 11) is 0. The highest BCUT2D eigenvalue weighted by molar-refractivity contribution is 14.1. The molecule has 2 rings (SSSR count). The zero-order chi connectivity index (χ0) is 15.6. The fourth-order valence-corrected chi connectivity index (χ4v) is 2.09. The number of hydrogen-bond donors (Lipinski definition) is 1. The van der Waals surface area contributed by atoms with E-state index in [4.69, 9.17) is 9.84 Å². The lowest BCUT2D eigenvalue weighted by Crippen LogP contribution is -2.01. The van der Waals surface area contributed by atoms with E-state index >= 15 is 0 Å². The average molecular weight is 403 g/mol. The number of benzene rings is 2. The maximum Gasteiger partial charge on any atom is 0.339 e. The molecule has 108 valence electrons. The van der Waals surface area contributed by atoms with Crippen molar-refractivity contribution in [3.63, 3.8) is 0 Å². The van der Waals surface area contributed by atoms with E-state index in [1.54, 1.807) is 6.07 Å². The van der Waals surface area contributed by atoms with Gasteiger partial charge in [0.25, 0.3) is 5.69 Å². The Bertz CT molecular complexity index is 734. The number of nitro benzene ring substituents is 1. The van der Waals surface area contributed by atoms with E-state index < -0.39 is 22.4 Å². The number of aromatic carboxylic acids is 1. The van der Waals surface area contributed by atoms with Crippen molar-refractivity contribution in [2.75, 3.05) is 0 Å². The third-order valence-electron chi connectivity index (χ3n) is 2.47. The number of halogens is 2. The molecule has 0 radical (unpaired) electrons. The van der Waals surface area contributed by atoms with Gasteiger partial charge < -0.3 is 9.84 Å². The predicted molar refractivity (Wildman–Crippen MR) is 79.2 cm³/mol. The molecule has 8 heteroatoms. The summed E-state index contributed by atoms with van der Waals surface area (Å²) in [6.07, 6.45) is 0. The predicted octanol–water partition coefficient (Wildman–Crippen LogP) is 3.83. The second-order valence-electron chi connectivity index (χ2n) is 3.95. The van der Waals surface area contributed by atoms with Crippen LogP contribution in [0.2, 0.25) is 0 Å². The van der Waals surface area contributed by atoms with Gasteiger partial charge in [-0.1, -0.05) is 0 Å². The van der Waals surface area contributed by atoms with Crippen LogP contribution in [0.5, 0.6) is 11.5 Å². The Labute approximate surface area is 131 Å². The smallest absolute Gasteiger partial charge is 0.339 e. The van der Waals surface area contributed by atoms with Gasteiger partial charge in [0.05, 0.1) is 17.1 Å². The van der Waals surface area contributed by atoms with Gasteiger partial charge in [-0.25, -0.2) is 9.18 Å². The monoisotopic (exact) mass is 403 g/mol. The van der Waals surface area contributed by atoms with Gasteiger partial charge in [-0.05, 0) is 40.8 Å². The summed E-state index contributed by atoms with van der Waals surface area (Å²) in [5.41, 5.74) is -0.596. The van der Waals surface area contributed by atoms with E-state index in [9.17, 15) is 19.3 Å². The zero-order valence-electron chi connectivity index (χ0n) is 10.2. The fourth-order valence-electron chi connectivity index (χ4n) is 1.60. The van der Waals surface area contributed by atoms with Crippen LogP contribution in [0.4, 0.5) is 10.1 Å². The van der Waals surface area contributed by atoms with Gasteiger partial charge in [-0.3, -0.25) is 10.1 Å². The Kier molecular flexibility index (Phi) is 4.36. The Morgan fingerprint density at radius 2 is 2.00 bits per heavy atom. The number of carboxylic acid groups (broad SMARTS) is 1. The first kappa shape index (κ1) is 15.2. The summed E-state index contributed by atoms with van der Waals surface area (Å²) < 4.78 is 19.3. The zero-order valence-corrected chi connectivity index (χ0v) is 12.4. The number of hydrogen-bond acceptors (Lipinski definition) is 4. The normalized spacial score (nSPS) is 10.2. The molecule has 21 heavy (non-hydrogen) atoms. The molecular weight excluding hydrogens is 396 g/mol. The molecule has 0 bridgehead atoms. The van der Waals surface area contributed by atoms with Crippen LogP contribution in [-0.2, 0) is 0 Å². The molecule has 0 fully saturated rings. The molecule has 0 heterocycles. The molecule has 0 spiro atoms. The van der Waals surface area contributed by atoms with Crippen molar-refractivity contribution in [1.82, 2.24) is 0 Å². The molecule has 6 nitrogen and oxygen atoms in total. The van der Waals surface area contributed by atoms with Crippen molar-refractivity contribution in [3.8, 4) is 11.5 Å². The van der Waals surface area contributed by atoms with Crippen molar-refractivity contribution in [1.29, 1.82) is 0 Å². The van der Waals surface area contributed by atoms with Gasteiger partial charge in [0.15, 0.2) is 0 Å². The summed E-state index contributed by atoms with van der Waals surface area (Å²) in [6.45, 7) is 0. The first-order chi connectivity index (χ1) is 9.86. The quantitative estimate of drug-likeness (QED) is 0.476. The number of carbonyl (C=O) groups is 1. The molecule has 0 atom stereocenters. The minimum atomic E-state index is -1.21. The number of nitrogens with zero attached hydrogens (tertiary/aromatic N) is 1. The first-order valence-electron chi connectivity index (χ1n) is 5.52. The van der Waals surface area contributed by atoms with Gasteiger partial charge in [-0.2, -0.15) is 0 Å². The number of rotatable bonds is 4. The van der Waals surface area contributed by atoms with Crippen molar-refractivity contribution in [2.24, 2.45) is 0 Å². The van der Waals surface area contributed by atoms with E-state index in [-0.39, 0.29) is 17.1 Å². The third-order valence-corrected chi connectivity index (χ3v) is 3.14. The number of carboxylic acids is 1. The van der Waals surface area contributed by atoms with Crippen LogP contribution >= 0.6 is 22.6 Å². The molecule has 0 aromatic heterocycles. The Hall–Kier alpha value is -2.23. The number of non-ortho nitro benzene ring substituents is 1. The van der Waals surface area contributed by atoms with E-state index in [1.165, 1.54) is 12.1 Å². The van der Waals surface area contributed by atoms with Gasteiger partial charge in [0.1, 0.15) is 22.9 Å². The molecule has 2 aromatic carbocycles. The van der Waals surface area contributed by atoms with Crippen LogP contribution in [-0.4, -0.2) is 16.0 Å². The Balaban J connectivity index is 2.43.